The number of carbonyl (C=O) groups is 1. The number of nitrogens with zero attached hydrogens (tertiary/aromatic N) is 3. The molecule has 0 aliphatic carbocycles. The number of rotatable bonds is 6. The highest BCUT2D eigenvalue weighted by Crippen LogP contribution is 2.24. The van der Waals surface area contributed by atoms with Gasteiger partial charge in [-0.05, 0) is 69.2 Å². The molecule has 0 saturated heterocycles. The van der Waals surface area contributed by atoms with Crippen molar-refractivity contribution >= 4 is 17.2 Å². The molecule has 25 heavy (non-hydrogen) atoms. The van der Waals surface area contributed by atoms with E-state index in [1.807, 2.05) is 24.8 Å². The third kappa shape index (κ3) is 4.70. The van der Waals surface area contributed by atoms with Crippen molar-refractivity contribution in [3.63, 3.8) is 0 Å². The summed E-state index contributed by atoms with van der Waals surface area (Å²) < 4.78 is 1.97. The monoisotopic (exact) mass is 362 g/mol. The molecule has 6 heteroatoms. The molecule has 0 aliphatic heterocycles. The van der Waals surface area contributed by atoms with Crippen LogP contribution < -0.4 is 5.32 Å². The van der Waals surface area contributed by atoms with Gasteiger partial charge >= 0.3 is 0 Å². The van der Waals surface area contributed by atoms with Crippen LogP contribution in [0.1, 0.15) is 68.3 Å². The molecule has 0 saturated carbocycles. The maximum Gasteiger partial charge on any atom is 0.271 e. The minimum absolute atomic E-state index is 0.119. The molecule has 0 spiro atoms. The topological polar surface area (TPSA) is 50.2 Å². The van der Waals surface area contributed by atoms with E-state index >= 15 is 0 Å². The van der Waals surface area contributed by atoms with Crippen molar-refractivity contribution in [2.24, 2.45) is 0 Å². The molecule has 1 atom stereocenters. The molecular formula is C19H30N4OS. The average Bonchev–Trinajstić information content (AvgIpc) is 3.15. The van der Waals surface area contributed by atoms with Crippen LogP contribution in [0.3, 0.4) is 0 Å². The molecule has 0 aromatic carbocycles. The summed E-state index contributed by atoms with van der Waals surface area (Å²) in [4.78, 5) is 14.8. The maximum absolute atomic E-state index is 12.7. The number of aromatic nitrogens is 2. The van der Waals surface area contributed by atoms with Crippen LogP contribution in [0.25, 0.3) is 0 Å². The smallest absolute Gasteiger partial charge is 0.271 e. The van der Waals surface area contributed by atoms with E-state index in [0.717, 1.165) is 5.69 Å². The summed E-state index contributed by atoms with van der Waals surface area (Å²) in [5, 5.41) is 11.8. The van der Waals surface area contributed by atoms with Gasteiger partial charge in [0.25, 0.3) is 5.91 Å². The molecule has 0 bridgehead atoms. The van der Waals surface area contributed by atoms with Gasteiger partial charge in [0.1, 0.15) is 5.69 Å². The van der Waals surface area contributed by atoms with Crippen molar-refractivity contribution in [1.29, 1.82) is 0 Å². The molecule has 2 aromatic rings. The SMILES string of the molecule is CC(C)c1cc(C(=O)NCC(c2ccsc2)N(C)C)nn1C(C)(C)C. The van der Waals surface area contributed by atoms with Crippen LogP contribution in [0.5, 0.6) is 0 Å². The van der Waals surface area contributed by atoms with Crippen LogP contribution in [0.15, 0.2) is 22.9 Å². The van der Waals surface area contributed by atoms with Crippen LogP contribution >= 0.6 is 11.3 Å². The quantitative estimate of drug-likeness (QED) is 0.849. The lowest BCUT2D eigenvalue weighted by molar-refractivity contribution is 0.0935. The normalized spacial score (nSPS) is 13.5. The number of likely N-dealkylation sites (N-methyl/N-ethyl adjacent to an activating group) is 1. The van der Waals surface area contributed by atoms with E-state index in [1.165, 1.54) is 5.56 Å². The van der Waals surface area contributed by atoms with Crippen molar-refractivity contribution in [2.75, 3.05) is 20.6 Å². The first kappa shape index (κ1) is 19.7. The van der Waals surface area contributed by atoms with Gasteiger partial charge in [-0.1, -0.05) is 13.8 Å². The van der Waals surface area contributed by atoms with Crippen molar-refractivity contribution in [1.82, 2.24) is 20.0 Å². The number of thiophene rings is 1. The molecule has 2 heterocycles. The summed E-state index contributed by atoms with van der Waals surface area (Å²) in [7, 11) is 4.05. The first-order valence-corrected chi connectivity index (χ1v) is 9.62. The van der Waals surface area contributed by atoms with Crippen LogP contribution in [0, 0.1) is 0 Å². The number of hydrogen-bond donors (Lipinski definition) is 1. The molecule has 1 N–H and O–H groups in total. The van der Waals surface area contributed by atoms with Gasteiger partial charge in [0.15, 0.2) is 0 Å². The van der Waals surface area contributed by atoms with Gasteiger partial charge in [0, 0.05) is 12.2 Å². The van der Waals surface area contributed by atoms with E-state index in [-0.39, 0.29) is 17.5 Å². The van der Waals surface area contributed by atoms with Gasteiger partial charge in [0.2, 0.25) is 0 Å². The third-order valence-corrected chi connectivity index (χ3v) is 4.91. The minimum Gasteiger partial charge on any atom is -0.349 e. The van der Waals surface area contributed by atoms with Crippen LogP contribution in [-0.2, 0) is 5.54 Å². The van der Waals surface area contributed by atoms with Crippen LogP contribution in [0.2, 0.25) is 0 Å². The molecule has 0 radical (unpaired) electrons. The Balaban J connectivity index is 2.15. The third-order valence-electron chi connectivity index (χ3n) is 4.20. The van der Waals surface area contributed by atoms with Crippen LogP contribution in [-0.4, -0.2) is 41.2 Å². The molecular weight excluding hydrogens is 332 g/mol. The van der Waals surface area contributed by atoms with E-state index in [0.29, 0.717) is 18.2 Å². The zero-order chi connectivity index (χ0) is 18.8. The molecule has 1 unspecified atom stereocenters. The fourth-order valence-electron chi connectivity index (χ4n) is 2.80. The van der Waals surface area contributed by atoms with E-state index in [4.69, 9.17) is 0 Å². The fraction of sp³-hybridized carbons (Fsp3) is 0.579. The van der Waals surface area contributed by atoms with Gasteiger partial charge in [-0.15, -0.1) is 0 Å². The van der Waals surface area contributed by atoms with Crippen molar-refractivity contribution in [3.8, 4) is 0 Å². The Labute approximate surface area is 155 Å². The highest BCUT2D eigenvalue weighted by Gasteiger charge is 2.24. The lowest BCUT2D eigenvalue weighted by Crippen LogP contribution is -2.34. The predicted molar refractivity (Wildman–Crippen MR) is 104 cm³/mol. The highest BCUT2D eigenvalue weighted by atomic mass is 32.1. The molecule has 2 aromatic heterocycles. The Hall–Kier alpha value is -1.66. The second-order valence-electron chi connectivity index (χ2n) is 7.94. The lowest BCUT2D eigenvalue weighted by Gasteiger charge is -2.24. The molecule has 2 rings (SSSR count). The first-order chi connectivity index (χ1) is 11.6. The molecule has 0 fully saturated rings. The number of hydrogen-bond acceptors (Lipinski definition) is 4. The Bertz CT molecular complexity index is 696. The Morgan fingerprint density at radius 1 is 1.36 bits per heavy atom. The van der Waals surface area contributed by atoms with Crippen molar-refractivity contribution in [3.05, 3.63) is 39.8 Å². The van der Waals surface area contributed by atoms with Gasteiger partial charge in [-0.3, -0.25) is 9.48 Å². The van der Waals surface area contributed by atoms with Crippen LogP contribution in [0.4, 0.5) is 0 Å². The summed E-state index contributed by atoms with van der Waals surface area (Å²) in [5.74, 6) is 0.195. The van der Waals surface area contributed by atoms with E-state index in [1.54, 1.807) is 11.3 Å². The Morgan fingerprint density at radius 2 is 2.04 bits per heavy atom. The van der Waals surface area contributed by atoms with Gasteiger partial charge in [0.05, 0.1) is 11.6 Å². The lowest BCUT2D eigenvalue weighted by atomic mass is 10.1. The summed E-state index contributed by atoms with van der Waals surface area (Å²) in [5.41, 5.74) is 2.64. The Morgan fingerprint density at radius 3 is 2.48 bits per heavy atom. The van der Waals surface area contributed by atoms with Crippen molar-refractivity contribution in [2.45, 2.75) is 52.1 Å². The maximum atomic E-state index is 12.7. The minimum atomic E-state index is -0.152. The van der Waals surface area contributed by atoms with E-state index in [2.05, 4.69) is 66.8 Å². The molecule has 5 nitrogen and oxygen atoms in total. The predicted octanol–water partition coefficient (Wildman–Crippen LogP) is 3.86. The van der Waals surface area contributed by atoms with Crippen molar-refractivity contribution < 1.29 is 4.79 Å². The first-order valence-electron chi connectivity index (χ1n) is 8.68. The average molecular weight is 363 g/mol. The number of carbonyl (C=O) groups excluding carboxylic acids is 1. The Kier molecular flexibility index (Phi) is 6.06. The largest absolute Gasteiger partial charge is 0.349 e. The van der Waals surface area contributed by atoms with E-state index < -0.39 is 0 Å². The van der Waals surface area contributed by atoms with E-state index in [9.17, 15) is 4.79 Å². The summed E-state index contributed by atoms with van der Waals surface area (Å²) >= 11 is 1.67. The number of amides is 1. The summed E-state index contributed by atoms with van der Waals surface area (Å²) in [6.45, 7) is 11.1. The zero-order valence-corrected chi connectivity index (χ0v) is 17.1. The molecule has 1 amide bonds. The molecule has 138 valence electrons. The molecule has 0 aliphatic rings. The summed E-state index contributed by atoms with van der Waals surface area (Å²) in [6, 6.07) is 4.18. The standard InChI is InChI=1S/C19H30N4OS/c1-13(2)16-10-15(21-23(16)19(3,4)5)18(24)20-11-17(22(6)7)14-8-9-25-12-14/h8-10,12-13,17H,11H2,1-7H3,(H,20,24). The second kappa shape index (κ2) is 7.70. The van der Waals surface area contributed by atoms with Gasteiger partial charge in [-0.2, -0.15) is 16.4 Å². The number of nitrogens with one attached hydrogen (secondary N) is 1. The van der Waals surface area contributed by atoms with Gasteiger partial charge in [-0.25, -0.2) is 0 Å². The zero-order valence-electron chi connectivity index (χ0n) is 16.3. The summed E-state index contributed by atoms with van der Waals surface area (Å²) in [6.07, 6.45) is 0. The highest BCUT2D eigenvalue weighted by molar-refractivity contribution is 7.07. The van der Waals surface area contributed by atoms with Gasteiger partial charge < -0.3 is 10.2 Å². The second-order valence-corrected chi connectivity index (χ2v) is 8.72. The fourth-order valence-corrected chi connectivity index (χ4v) is 3.51.